The summed E-state index contributed by atoms with van der Waals surface area (Å²) in [4.78, 5) is 34.9. The second-order valence-corrected chi connectivity index (χ2v) is 7.84. The van der Waals surface area contributed by atoms with Gasteiger partial charge in [-0.1, -0.05) is 48.5 Å². The first-order chi connectivity index (χ1) is 14.8. The number of carboxylic acid groups (broad SMARTS) is 1. The Labute approximate surface area is 180 Å². The van der Waals surface area contributed by atoms with Crippen LogP contribution >= 0.6 is 0 Å². The van der Waals surface area contributed by atoms with E-state index in [1.54, 1.807) is 0 Å². The molecular formula is C23H27N3O5. The molecule has 0 spiro atoms. The zero-order valence-corrected chi connectivity index (χ0v) is 17.4. The van der Waals surface area contributed by atoms with Gasteiger partial charge in [0.05, 0.1) is 0 Å². The lowest BCUT2D eigenvalue weighted by molar-refractivity contribution is -0.144. The van der Waals surface area contributed by atoms with Crippen molar-refractivity contribution in [2.24, 2.45) is 5.73 Å². The Bertz CT molecular complexity index is 932. The number of urea groups is 1. The van der Waals surface area contributed by atoms with Gasteiger partial charge in [0.25, 0.3) is 0 Å². The molecular weight excluding hydrogens is 398 g/mol. The van der Waals surface area contributed by atoms with Crippen molar-refractivity contribution in [3.05, 3.63) is 59.7 Å². The van der Waals surface area contributed by atoms with Gasteiger partial charge in [0.15, 0.2) is 0 Å². The molecule has 1 aliphatic rings. The highest BCUT2D eigenvalue weighted by Crippen LogP contribution is 2.44. The first-order valence-corrected chi connectivity index (χ1v) is 10.2. The van der Waals surface area contributed by atoms with Crippen LogP contribution in [0.25, 0.3) is 11.1 Å². The van der Waals surface area contributed by atoms with Crippen molar-refractivity contribution in [1.29, 1.82) is 0 Å². The van der Waals surface area contributed by atoms with Crippen LogP contribution in [0, 0.1) is 0 Å². The molecule has 0 saturated carbocycles. The molecule has 31 heavy (non-hydrogen) atoms. The van der Waals surface area contributed by atoms with Crippen molar-refractivity contribution in [3.63, 3.8) is 0 Å². The monoisotopic (exact) mass is 425 g/mol. The van der Waals surface area contributed by atoms with E-state index in [4.69, 9.17) is 10.5 Å². The van der Waals surface area contributed by atoms with Gasteiger partial charge >= 0.3 is 18.1 Å². The third-order valence-corrected chi connectivity index (χ3v) is 5.60. The van der Waals surface area contributed by atoms with Crippen molar-refractivity contribution < 1.29 is 24.2 Å². The summed E-state index contributed by atoms with van der Waals surface area (Å²) in [5.41, 5.74) is 7.93. The quantitative estimate of drug-likeness (QED) is 0.458. The molecule has 2 aromatic carbocycles. The van der Waals surface area contributed by atoms with E-state index in [9.17, 15) is 19.5 Å². The van der Waals surface area contributed by atoms with Gasteiger partial charge in [-0.15, -0.1) is 0 Å². The standard InChI is InChI=1S/C23H27N3O5/c1-23(20(27)28,12-6-7-13-25-21(24)29)26-22(30)31-14-19-17-10-4-2-8-15(17)16-9-3-5-11-18(16)19/h2-5,8-11,19H,6-7,12-14H2,1H3,(H,26,30)(H,27,28)(H3,24,25,29)/t23-/m0/s1. The molecule has 3 rings (SSSR count). The predicted octanol–water partition coefficient (Wildman–Crippen LogP) is 3.21. The molecule has 0 aromatic heterocycles. The number of carboxylic acids is 1. The fourth-order valence-electron chi connectivity index (χ4n) is 3.90. The van der Waals surface area contributed by atoms with Gasteiger partial charge in [-0.05, 0) is 48.4 Å². The number of primary amides is 1. The number of hydrogen-bond donors (Lipinski definition) is 4. The Kier molecular flexibility index (Phi) is 6.79. The molecule has 0 fully saturated rings. The maximum Gasteiger partial charge on any atom is 0.408 e. The highest BCUT2D eigenvalue weighted by Gasteiger charge is 2.36. The fraction of sp³-hybridized carbons (Fsp3) is 0.348. The van der Waals surface area contributed by atoms with Crippen LogP contribution in [0.5, 0.6) is 0 Å². The number of carbonyl (C=O) groups is 3. The summed E-state index contributed by atoms with van der Waals surface area (Å²) in [7, 11) is 0. The van der Waals surface area contributed by atoms with Gasteiger partial charge in [0, 0.05) is 12.5 Å². The van der Waals surface area contributed by atoms with E-state index in [-0.39, 0.29) is 18.9 Å². The molecule has 0 bridgehead atoms. The molecule has 0 unspecified atom stereocenters. The highest BCUT2D eigenvalue weighted by molar-refractivity contribution is 5.84. The fourth-order valence-corrected chi connectivity index (χ4v) is 3.90. The Morgan fingerprint density at radius 2 is 1.61 bits per heavy atom. The number of unbranched alkanes of at least 4 members (excludes halogenated alkanes) is 1. The lowest BCUT2D eigenvalue weighted by Gasteiger charge is -2.26. The zero-order valence-electron chi connectivity index (χ0n) is 17.4. The van der Waals surface area contributed by atoms with Gasteiger partial charge in [-0.25, -0.2) is 14.4 Å². The number of benzene rings is 2. The third kappa shape index (κ3) is 5.14. The Morgan fingerprint density at radius 1 is 1.03 bits per heavy atom. The molecule has 2 aromatic rings. The van der Waals surface area contributed by atoms with Gasteiger partial charge < -0.3 is 26.2 Å². The van der Waals surface area contributed by atoms with Crippen LogP contribution in [0.3, 0.4) is 0 Å². The van der Waals surface area contributed by atoms with Crippen molar-refractivity contribution in [1.82, 2.24) is 10.6 Å². The summed E-state index contributed by atoms with van der Waals surface area (Å²) in [5, 5.41) is 14.5. The molecule has 1 aliphatic carbocycles. The molecule has 3 amide bonds. The Hall–Kier alpha value is -3.55. The van der Waals surface area contributed by atoms with Crippen LogP contribution in [0.2, 0.25) is 0 Å². The Balaban J connectivity index is 1.59. The molecule has 0 radical (unpaired) electrons. The molecule has 5 N–H and O–H groups in total. The van der Waals surface area contributed by atoms with E-state index in [0.717, 1.165) is 22.3 Å². The van der Waals surface area contributed by atoms with Gasteiger partial charge in [0.2, 0.25) is 0 Å². The molecule has 8 heteroatoms. The van der Waals surface area contributed by atoms with Crippen LogP contribution in [0.1, 0.15) is 43.2 Å². The number of nitrogens with two attached hydrogens (primary N) is 1. The molecule has 0 heterocycles. The summed E-state index contributed by atoms with van der Waals surface area (Å²) in [5.74, 6) is -1.25. The molecule has 1 atom stereocenters. The van der Waals surface area contributed by atoms with Crippen LogP contribution in [-0.2, 0) is 9.53 Å². The number of amides is 3. The maximum absolute atomic E-state index is 12.5. The average molecular weight is 425 g/mol. The van der Waals surface area contributed by atoms with E-state index in [0.29, 0.717) is 19.4 Å². The van der Waals surface area contributed by atoms with E-state index in [2.05, 4.69) is 10.6 Å². The number of hydrogen-bond acceptors (Lipinski definition) is 4. The minimum absolute atomic E-state index is 0.103. The van der Waals surface area contributed by atoms with Crippen molar-refractivity contribution in [3.8, 4) is 11.1 Å². The summed E-state index contributed by atoms with van der Waals surface area (Å²) >= 11 is 0. The summed E-state index contributed by atoms with van der Waals surface area (Å²) in [6, 6.07) is 15.3. The smallest absolute Gasteiger partial charge is 0.408 e. The second kappa shape index (κ2) is 9.51. The number of rotatable bonds is 9. The normalized spacial score (nSPS) is 14.1. The maximum atomic E-state index is 12.5. The number of aliphatic carboxylic acids is 1. The van der Waals surface area contributed by atoms with Crippen molar-refractivity contribution in [2.75, 3.05) is 13.2 Å². The largest absolute Gasteiger partial charge is 0.480 e. The average Bonchev–Trinajstić information content (AvgIpc) is 3.05. The van der Waals surface area contributed by atoms with Crippen molar-refractivity contribution in [2.45, 2.75) is 37.6 Å². The summed E-state index contributed by atoms with van der Waals surface area (Å²) < 4.78 is 5.46. The van der Waals surface area contributed by atoms with E-state index in [1.165, 1.54) is 6.92 Å². The highest BCUT2D eigenvalue weighted by atomic mass is 16.5. The summed E-state index contributed by atoms with van der Waals surface area (Å²) in [6.45, 7) is 1.90. The lowest BCUT2D eigenvalue weighted by atomic mass is 9.95. The van der Waals surface area contributed by atoms with Gasteiger partial charge in [-0.2, -0.15) is 0 Å². The van der Waals surface area contributed by atoms with Gasteiger partial charge in [-0.3, -0.25) is 0 Å². The molecule has 8 nitrogen and oxygen atoms in total. The minimum Gasteiger partial charge on any atom is -0.480 e. The number of ether oxygens (including phenoxy) is 1. The number of alkyl carbamates (subject to hydrolysis) is 1. The topological polar surface area (TPSA) is 131 Å². The molecule has 164 valence electrons. The van der Waals surface area contributed by atoms with E-state index >= 15 is 0 Å². The minimum atomic E-state index is -1.48. The van der Waals surface area contributed by atoms with Crippen LogP contribution in [0.4, 0.5) is 9.59 Å². The van der Waals surface area contributed by atoms with Crippen molar-refractivity contribution >= 4 is 18.1 Å². The first kappa shape index (κ1) is 22.1. The van der Waals surface area contributed by atoms with Crippen LogP contribution in [0.15, 0.2) is 48.5 Å². The first-order valence-electron chi connectivity index (χ1n) is 10.2. The third-order valence-electron chi connectivity index (χ3n) is 5.60. The summed E-state index contributed by atoms with van der Waals surface area (Å²) in [6.07, 6.45) is 0.430. The predicted molar refractivity (Wildman–Crippen MR) is 116 cm³/mol. The van der Waals surface area contributed by atoms with Gasteiger partial charge in [0.1, 0.15) is 12.1 Å². The van der Waals surface area contributed by atoms with E-state index < -0.39 is 23.6 Å². The zero-order chi connectivity index (χ0) is 22.4. The second-order valence-electron chi connectivity index (χ2n) is 7.84. The number of carbonyl (C=O) groups excluding carboxylic acids is 2. The number of fused-ring (bicyclic) bond motifs is 3. The SMILES string of the molecule is C[C@@](CCCCNC(N)=O)(NC(=O)OCC1c2ccccc2-c2ccccc21)C(=O)O. The molecule has 0 aliphatic heterocycles. The van der Waals surface area contributed by atoms with Crippen LogP contribution in [-0.4, -0.2) is 41.9 Å². The lowest BCUT2D eigenvalue weighted by Crippen LogP contribution is -2.52. The van der Waals surface area contributed by atoms with E-state index in [1.807, 2.05) is 48.5 Å². The Morgan fingerprint density at radius 3 is 2.16 bits per heavy atom. The molecule has 0 saturated heterocycles. The van der Waals surface area contributed by atoms with Crippen LogP contribution < -0.4 is 16.4 Å². The number of nitrogens with one attached hydrogen (secondary N) is 2.